The average Bonchev–Trinajstić information content (AvgIpc) is 2.34. The van der Waals surface area contributed by atoms with E-state index in [0.717, 1.165) is 0 Å². The third-order valence-corrected chi connectivity index (χ3v) is 2.48. The molecule has 0 radical (unpaired) electrons. The molecule has 2 N–H and O–H groups in total. The van der Waals surface area contributed by atoms with Gasteiger partial charge in [-0.2, -0.15) is 0 Å². The van der Waals surface area contributed by atoms with Crippen LogP contribution >= 0.6 is 0 Å². The topological polar surface area (TPSA) is 58.9 Å². The summed E-state index contributed by atoms with van der Waals surface area (Å²) >= 11 is 0. The van der Waals surface area contributed by atoms with E-state index in [-0.39, 0.29) is 19.3 Å². The molecule has 19 heavy (non-hydrogen) atoms. The van der Waals surface area contributed by atoms with Gasteiger partial charge in [-0.1, -0.05) is 0 Å². The molecule has 1 rings (SSSR count). The van der Waals surface area contributed by atoms with Crippen LogP contribution < -0.4 is 4.74 Å². The lowest BCUT2D eigenvalue weighted by Crippen LogP contribution is -2.25. The number of hydrogen-bond donors (Lipinski definition) is 2. The van der Waals surface area contributed by atoms with Crippen molar-refractivity contribution in [3.63, 3.8) is 0 Å². The van der Waals surface area contributed by atoms with Crippen LogP contribution in [-0.4, -0.2) is 35.6 Å². The molecule has 0 heterocycles. The van der Waals surface area contributed by atoms with Gasteiger partial charge < -0.3 is 19.7 Å². The number of aliphatic hydroxyl groups is 2. The summed E-state index contributed by atoms with van der Waals surface area (Å²) in [6.07, 6.45) is -1.57. The number of rotatable bonds is 7. The zero-order valence-electron chi connectivity index (χ0n) is 11.5. The molecule has 5 heteroatoms. The fourth-order valence-corrected chi connectivity index (χ4v) is 1.51. The second-order valence-electron chi connectivity index (χ2n) is 4.71. The summed E-state index contributed by atoms with van der Waals surface area (Å²) in [5.41, 5.74) is 0.358. The van der Waals surface area contributed by atoms with Crippen molar-refractivity contribution in [2.24, 2.45) is 0 Å². The Hall–Kier alpha value is -1.17. The lowest BCUT2D eigenvalue weighted by molar-refractivity contribution is -0.0126. The van der Waals surface area contributed by atoms with Crippen molar-refractivity contribution in [2.45, 2.75) is 39.1 Å². The maximum absolute atomic E-state index is 13.1. The second kappa shape index (κ2) is 7.43. The third-order valence-electron chi connectivity index (χ3n) is 2.48. The first-order valence-corrected chi connectivity index (χ1v) is 6.30. The minimum absolute atomic E-state index is 0.0259. The highest BCUT2D eigenvalue weighted by atomic mass is 19.1. The Balaban J connectivity index is 2.57. The Labute approximate surface area is 112 Å². The standard InChI is InChI=1S/C14H21FO4/c1-9(2)18-7-12(17)8-19-14-5-4-11(15)6-13(14)10(3)16/h4-6,9-10,12,16-17H,7-8H2,1-3H3/t10-,12?/m0/s1. The zero-order valence-corrected chi connectivity index (χ0v) is 11.5. The van der Waals surface area contributed by atoms with Crippen LogP contribution in [0.1, 0.15) is 32.4 Å². The van der Waals surface area contributed by atoms with Crippen molar-refractivity contribution >= 4 is 0 Å². The van der Waals surface area contributed by atoms with Crippen LogP contribution in [0.15, 0.2) is 18.2 Å². The molecule has 1 unspecified atom stereocenters. The molecule has 0 fully saturated rings. The fraction of sp³-hybridized carbons (Fsp3) is 0.571. The Kier molecular flexibility index (Phi) is 6.21. The molecule has 0 saturated heterocycles. The van der Waals surface area contributed by atoms with Crippen LogP contribution in [0.25, 0.3) is 0 Å². The summed E-state index contributed by atoms with van der Waals surface area (Å²) in [4.78, 5) is 0. The van der Waals surface area contributed by atoms with E-state index in [0.29, 0.717) is 11.3 Å². The average molecular weight is 272 g/mol. The van der Waals surface area contributed by atoms with E-state index in [4.69, 9.17) is 9.47 Å². The van der Waals surface area contributed by atoms with Crippen LogP contribution in [0, 0.1) is 5.82 Å². The molecule has 0 saturated carbocycles. The molecule has 0 aliphatic heterocycles. The van der Waals surface area contributed by atoms with Crippen LogP contribution in [-0.2, 0) is 4.74 Å². The molecule has 2 atom stereocenters. The normalized spacial score (nSPS) is 14.5. The zero-order chi connectivity index (χ0) is 14.4. The highest BCUT2D eigenvalue weighted by molar-refractivity contribution is 5.35. The first kappa shape index (κ1) is 15.9. The second-order valence-corrected chi connectivity index (χ2v) is 4.71. The summed E-state index contributed by atoms with van der Waals surface area (Å²) in [7, 11) is 0. The van der Waals surface area contributed by atoms with Gasteiger partial charge in [0, 0.05) is 5.56 Å². The van der Waals surface area contributed by atoms with Crippen molar-refractivity contribution in [3.8, 4) is 5.75 Å². The van der Waals surface area contributed by atoms with Gasteiger partial charge in [0.05, 0.1) is 18.8 Å². The van der Waals surface area contributed by atoms with Gasteiger partial charge in [0.2, 0.25) is 0 Å². The van der Waals surface area contributed by atoms with E-state index in [1.54, 1.807) is 0 Å². The Morgan fingerprint density at radius 2 is 1.84 bits per heavy atom. The van der Waals surface area contributed by atoms with Gasteiger partial charge in [0.25, 0.3) is 0 Å². The summed E-state index contributed by atoms with van der Waals surface area (Å²) < 4.78 is 23.7. The number of ether oxygens (including phenoxy) is 2. The van der Waals surface area contributed by atoms with E-state index in [2.05, 4.69) is 0 Å². The Morgan fingerprint density at radius 1 is 1.16 bits per heavy atom. The van der Waals surface area contributed by atoms with Crippen LogP contribution in [0.2, 0.25) is 0 Å². The number of halogens is 1. The predicted molar refractivity (Wildman–Crippen MR) is 69.6 cm³/mol. The molecule has 0 amide bonds. The van der Waals surface area contributed by atoms with E-state index in [1.165, 1.54) is 25.1 Å². The SMILES string of the molecule is CC(C)OCC(O)COc1ccc(F)cc1[C@H](C)O. The molecule has 0 aliphatic rings. The summed E-state index contributed by atoms with van der Waals surface area (Å²) in [6, 6.07) is 3.91. The summed E-state index contributed by atoms with van der Waals surface area (Å²) in [5.74, 6) is -0.0769. The smallest absolute Gasteiger partial charge is 0.125 e. The van der Waals surface area contributed by atoms with E-state index >= 15 is 0 Å². The van der Waals surface area contributed by atoms with Crippen molar-refractivity contribution in [1.29, 1.82) is 0 Å². The highest BCUT2D eigenvalue weighted by Gasteiger charge is 2.13. The molecular formula is C14H21FO4. The lowest BCUT2D eigenvalue weighted by Gasteiger charge is -2.17. The van der Waals surface area contributed by atoms with E-state index < -0.39 is 18.0 Å². The minimum atomic E-state index is -0.838. The molecule has 0 aromatic heterocycles. The van der Waals surface area contributed by atoms with Gasteiger partial charge in [-0.3, -0.25) is 0 Å². The maximum Gasteiger partial charge on any atom is 0.125 e. The minimum Gasteiger partial charge on any atom is -0.490 e. The molecule has 1 aromatic carbocycles. The molecule has 0 aliphatic carbocycles. The molecule has 0 spiro atoms. The van der Waals surface area contributed by atoms with E-state index in [9.17, 15) is 14.6 Å². The van der Waals surface area contributed by atoms with Crippen molar-refractivity contribution in [3.05, 3.63) is 29.6 Å². The van der Waals surface area contributed by atoms with Gasteiger partial charge in [-0.05, 0) is 39.0 Å². The van der Waals surface area contributed by atoms with Crippen LogP contribution in [0.3, 0.4) is 0 Å². The van der Waals surface area contributed by atoms with Gasteiger partial charge in [0.15, 0.2) is 0 Å². The molecule has 1 aromatic rings. The fourth-order valence-electron chi connectivity index (χ4n) is 1.51. The van der Waals surface area contributed by atoms with Crippen molar-refractivity contribution in [1.82, 2.24) is 0 Å². The quantitative estimate of drug-likeness (QED) is 0.797. The predicted octanol–water partition coefficient (Wildman–Crippen LogP) is 2.04. The number of hydrogen-bond acceptors (Lipinski definition) is 4. The lowest BCUT2D eigenvalue weighted by atomic mass is 10.1. The van der Waals surface area contributed by atoms with Gasteiger partial charge in [-0.15, -0.1) is 0 Å². The summed E-state index contributed by atoms with van der Waals surface area (Å²) in [6.45, 7) is 5.47. The largest absolute Gasteiger partial charge is 0.490 e. The molecule has 4 nitrogen and oxygen atoms in total. The van der Waals surface area contributed by atoms with Gasteiger partial charge >= 0.3 is 0 Å². The first-order valence-electron chi connectivity index (χ1n) is 6.30. The first-order chi connectivity index (χ1) is 8.90. The Bertz CT molecular complexity index is 393. The van der Waals surface area contributed by atoms with E-state index in [1.807, 2.05) is 13.8 Å². The monoisotopic (exact) mass is 272 g/mol. The summed E-state index contributed by atoms with van der Waals surface area (Å²) in [5, 5.41) is 19.2. The van der Waals surface area contributed by atoms with Crippen LogP contribution in [0.5, 0.6) is 5.75 Å². The number of aliphatic hydroxyl groups excluding tert-OH is 2. The van der Waals surface area contributed by atoms with Crippen molar-refractivity contribution in [2.75, 3.05) is 13.2 Å². The maximum atomic E-state index is 13.1. The van der Waals surface area contributed by atoms with Gasteiger partial charge in [0.1, 0.15) is 24.3 Å². The number of benzene rings is 1. The van der Waals surface area contributed by atoms with Crippen LogP contribution in [0.4, 0.5) is 4.39 Å². The molecular weight excluding hydrogens is 251 g/mol. The highest BCUT2D eigenvalue weighted by Crippen LogP contribution is 2.26. The molecule has 0 bridgehead atoms. The van der Waals surface area contributed by atoms with Crippen molar-refractivity contribution < 1.29 is 24.1 Å². The third kappa shape index (κ3) is 5.55. The Morgan fingerprint density at radius 3 is 2.42 bits per heavy atom. The van der Waals surface area contributed by atoms with Gasteiger partial charge in [-0.25, -0.2) is 4.39 Å². The molecule has 108 valence electrons.